The van der Waals surface area contributed by atoms with Crippen molar-refractivity contribution in [2.24, 2.45) is 0 Å². The lowest BCUT2D eigenvalue weighted by atomic mass is 9.76. The normalized spacial score (nSPS) is 18.9. The Morgan fingerprint density at radius 2 is 1.94 bits per heavy atom. The van der Waals surface area contributed by atoms with Crippen molar-refractivity contribution in [2.45, 2.75) is 37.6 Å². The topological polar surface area (TPSA) is 33.2 Å². The monoisotopic (exact) mass is 250 g/mol. The van der Waals surface area contributed by atoms with Crippen LogP contribution in [0.2, 0.25) is 0 Å². The molecule has 18 heavy (non-hydrogen) atoms. The molecule has 1 aromatic heterocycles. The number of hydrogen-bond donors (Lipinski definition) is 0. The van der Waals surface area contributed by atoms with E-state index in [1.165, 1.54) is 18.7 Å². The number of pyridine rings is 1. The third-order valence-corrected chi connectivity index (χ3v) is 3.93. The maximum atomic E-state index is 13.2. The van der Waals surface area contributed by atoms with Crippen LogP contribution in [-0.2, 0) is 0 Å². The molecule has 0 bridgehead atoms. The van der Waals surface area contributed by atoms with Gasteiger partial charge in [-0.05, 0) is 33.0 Å². The largest absolute Gasteiger partial charge is 0.297 e. The molecule has 0 aromatic carbocycles. The van der Waals surface area contributed by atoms with Crippen LogP contribution in [0.5, 0.6) is 0 Å². The Labute approximate surface area is 107 Å². The second-order valence-electron chi connectivity index (χ2n) is 5.21. The molecule has 0 radical (unpaired) electrons. The van der Waals surface area contributed by atoms with Crippen molar-refractivity contribution in [1.29, 1.82) is 0 Å². The minimum Gasteiger partial charge on any atom is -0.297 e. The molecule has 3 nitrogen and oxygen atoms in total. The van der Waals surface area contributed by atoms with Gasteiger partial charge in [-0.3, -0.25) is 14.7 Å². The zero-order valence-electron chi connectivity index (χ0n) is 10.9. The van der Waals surface area contributed by atoms with Crippen LogP contribution in [0.4, 0.5) is 4.39 Å². The van der Waals surface area contributed by atoms with Gasteiger partial charge < -0.3 is 0 Å². The van der Waals surface area contributed by atoms with Gasteiger partial charge in [0, 0.05) is 11.8 Å². The smallest absolute Gasteiger partial charge is 0.184 e. The van der Waals surface area contributed by atoms with Crippen LogP contribution in [0.15, 0.2) is 18.5 Å². The molecule has 0 amide bonds. The molecule has 0 N–H and O–H groups in total. The van der Waals surface area contributed by atoms with Crippen molar-refractivity contribution in [3.8, 4) is 0 Å². The molecular formula is C14H19FN2O. The maximum Gasteiger partial charge on any atom is 0.184 e. The highest BCUT2D eigenvalue weighted by Gasteiger charge is 2.41. The molecule has 0 spiro atoms. The number of halogens is 1. The molecule has 0 atom stereocenters. The van der Waals surface area contributed by atoms with Gasteiger partial charge >= 0.3 is 0 Å². The second kappa shape index (κ2) is 5.14. The van der Waals surface area contributed by atoms with Crippen LogP contribution < -0.4 is 0 Å². The fourth-order valence-corrected chi connectivity index (χ4v) is 2.82. The fourth-order valence-electron chi connectivity index (χ4n) is 2.82. The van der Waals surface area contributed by atoms with E-state index in [0.717, 1.165) is 31.9 Å². The van der Waals surface area contributed by atoms with Crippen molar-refractivity contribution in [1.82, 2.24) is 9.88 Å². The van der Waals surface area contributed by atoms with Crippen LogP contribution in [-0.4, -0.2) is 35.3 Å². The van der Waals surface area contributed by atoms with Crippen LogP contribution in [0, 0.1) is 5.82 Å². The van der Waals surface area contributed by atoms with E-state index in [-0.39, 0.29) is 5.78 Å². The highest BCUT2D eigenvalue weighted by molar-refractivity contribution is 6.03. The van der Waals surface area contributed by atoms with E-state index in [4.69, 9.17) is 0 Å². The molecule has 0 unspecified atom stereocenters. The summed E-state index contributed by atoms with van der Waals surface area (Å²) >= 11 is 0. The van der Waals surface area contributed by atoms with Gasteiger partial charge in [-0.2, -0.15) is 0 Å². The van der Waals surface area contributed by atoms with Gasteiger partial charge in [-0.15, -0.1) is 0 Å². The summed E-state index contributed by atoms with van der Waals surface area (Å²) in [6.07, 6.45) is 7.54. The number of likely N-dealkylation sites (N-methyl/N-ethyl adjacent to an activating group) is 1. The Bertz CT molecular complexity index is 439. The third kappa shape index (κ3) is 2.29. The van der Waals surface area contributed by atoms with E-state index in [9.17, 15) is 9.18 Å². The third-order valence-electron chi connectivity index (χ3n) is 3.93. The van der Waals surface area contributed by atoms with Gasteiger partial charge in [-0.1, -0.05) is 19.3 Å². The summed E-state index contributed by atoms with van der Waals surface area (Å²) in [4.78, 5) is 18.4. The molecule has 98 valence electrons. The average Bonchev–Trinajstić information content (AvgIpc) is 2.38. The predicted molar refractivity (Wildman–Crippen MR) is 68.0 cm³/mol. The van der Waals surface area contributed by atoms with Crippen LogP contribution in [0.3, 0.4) is 0 Å². The summed E-state index contributed by atoms with van der Waals surface area (Å²) in [6.45, 7) is 0. The molecule has 1 aromatic rings. The molecule has 1 aliphatic carbocycles. The number of Topliss-reactive ketones (excluding diaryl/α,β-unsaturated/α-hetero) is 1. The summed E-state index contributed by atoms with van der Waals surface area (Å²) in [5.74, 6) is -0.454. The first-order valence-corrected chi connectivity index (χ1v) is 6.39. The molecule has 2 rings (SSSR count). The standard InChI is InChI=1S/C14H19FN2O/c1-17(2)14(6-4-3-5-7-14)13(18)11-8-12(15)10-16-9-11/h8-10H,3-7H2,1-2H3. The van der Waals surface area contributed by atoms with Gasteiger partial charge in [-0.25, -0.2) is 4.39 Å². The minimum absolute atomic E-state index is 0.000741. The van der Waals surface area contributed by atoms with Crippen LogP contribution in [0.25, 0.3) is 0 Å². The highest BCUT2D eigenvalue weighted by atomic mass is 19.1. The lowest BCUT2D eigenvalue weighted by molar-refractivity contribution is 0.0563. The van der Waals surface area contributed by atoms with Gasteiger partial charge in [0.2, 0.25) is 0 Å². The van der Waals surface area contributed by atoms with Gasteiger partial charge in [0.15, 0.2) is 5.78 Å². The summed E-state index contributed by atoms with van der Waals surface area (Å²) in [7, 11) is 3.85. The Hall–Kier alpha value is -1.29. The lowest BCUT2D eigenvalue weighted by Crippen LogP contribution is -2.52. The van der Waals surface area contributed by atoms with Crippen LogP contribution >= 0.6 is 0 Å². The fraction of sp³-hybridized carbons (Fsp3) is 0.571. The Balaban J connectivity index is 2.34. The first kappa shape index (κ1) is 13.1. The Kier molecular flexibility index (Phi) is 3.76. The van der Waals surface area contributed by atoms with Gasteiger partial charge in [0.25, 0.3) is 0 Å². The number of rotatable bonds is 3. The van der Waals surface area contributed by atoms with E-state index < -0.39 is 11.4 Å². The summed E-state index contributed by atoms with van der Waals surface area (Å²) in [5, 5.41) is 0. The molecule has 0 aliphatic heterocycles. The molecule has 0 saturated heterocycles. The molecule has 1 fully saturated rings. The second-order valence-corrected chi connectivity index (χ2v) is 5.21. The van der Waals surface area contributed by atoms with E-state index in [1.54, 1.807) is 0 Å². The zero-order valence-corrected chi connectivity index (χ0v) is 10.9. The lowest BCUT2D eigenvalue weighted by Gasteiger charge is -2.41. The number of carbonyl (C=O) groups excluding carboxylic acids is 1. The summed E-state index contributed by atoms with van der Waals surface area (Å²) in [5.41, 5.74) is -0.0983. The van der Waals surface area contributed by atoms with Gasteiger partial charge in [0.05, 0.1) is 11.7 Å². The number of ketones is 1. The maximum absolute atomic E-state index is 13.2. The number of nitrogens with zero attached hydrogens (tertiary/aromatic N) is 2. The van der Waals surface area contributed by atoms with Crippen molar-refractivity contribution in [2.75, 3.05) is 14.1 Å². The van der Waals surface area contributed by atoms with Crippen molar-refractivity contribution in [3.05, 3.63) is 29.8 Å². The highest BCUT2D eigenvalue weighted by Crippen LogP contribution is 2.35. The average molecular weight is 250 g/mol. The van der Waals surface area contributed by atoms with E-state index in [1.807, 2.05) is 19.0 Å². The van der Waals surface area contributed by atoms with E-state index in [0.29, 0.717) is 5.56 Å². The van der Waals surface area contributed by atoms with Crippen molar-refractivity contribution < 1.29 is 9.18 Å². The van der Waals surface area contributed by atoms with Gasteiger partial charge in [0.1, 0.15) is 5.82 Å². The zero-order chi connectivity index (χ0) is 13.2. The molecular weight excluding hydrogens is 231 g/mol. The number of carbonyl (C=O) groups is 1. The first-order chi connectivity index (χ1) is 8.56. The van der Waals surface area contributed by atoms with Crippen molar-refractivity contribution >= 4 is 5.78 Å². The Morgan fingerprint density at radius 1 is 1.28 bits per heavy atom. The SMILES string of the molecule is CN(C)C1(C(=O)c2cncc(F)c2)CCCCC1. The summed E-state index contributed by atoms with van der Waals surface area (Å²) in [6, 6.07) is 1.29. The quantitative estimate of drug-likeness (QED) is 0.773. The van der Waals surface area contributed by atoms with Crippen molar-refractivity contribution in [3.63, 3.8) is 0 Å². The summed E-state index contributed by atoms with van der Waals surface area (Å²) < 4.78 is 13.2. The molecule has 1 aliphatic rings. The molecule has 4 heteroatoms. The Morgan fingerprint density at radius 3 is 2.50 bits per heavy atom. The van der Waals surface area contributed by atoms with E-state index in [2.05, 4.69) is 4.98 Å². The minimum atomic E-state index is -0.478. The number of hydrogen-bond acceptors (Lipinski definition) is 3. The first-order valence-electron chi connectivity index (χ1n) is 6.39. The molecule has 1 saturated carbocycles. The predicted octanol–water partition coefficient (Wildman–Crippen LogP) is 2.67. The number of aromatic nitrogens is 1. The van der Waals surface area contributed by atoms with Crippen LogP contribution in [0.1, 0.15) is 42.5 Å². The van der Waals surface area contributed by atoms with E-state index >= 15 is 0 Å². The molecule has 1 heterocycles.